The molecule has 0 aliphatic carbocycles. The Balaban J connectivity index is 1.37. The number of nitrogens with zero attached hydrogens (tertiary/aromatic N) is 2. The molecule has 2 saturated heterocycles. The van der Waals surface area contributed by atoms with Crippen molar-refractivity contribution in [2.45, 2.75) is 18.3 Å². The van der Waals surface area contributed by atoms with Crippen LogP contribution in [0.15, 0.2) is 42.6 Å². The molecule has 30 heavy (non-hydrogen) atoms. The standard InChI is InChI=1S/C22H27ClN4O2S/c23-18-3-1-2-17(14-18)22(6-10-28-11-7-22)16-25-21(30)26-19-4-5-20(24-15-19)27-8-12-29-13-9-27/h1-5,14-15H,6-13,16H2,(H2,25,26,30). The normalized spacial score (nSPS) is 18.6. The summed E-state index contributed by atoms with van der Waals surface area (Å²) in [7, 11) is 0. The highest BCUT2D eigenvalue weighted by Crippen LogP contribution is 2.35. The Labute approximate surface area is 187 Å². The van der Waals surface area contributed by atoms with Crippen molar-refractivity contribution in [3.63, 3.8) is 0 Å². The predicted molar refractivity (Wildman–Crippen MR) is 125 cm³/mol. The molecular formula is C22H27ClN4O2S. The van der Waals surface area contributed by atoms with Crippen LogP contribution < -0.4 is 15.5 Å². The van der Waals surface area contributed by atoms with E-state index in [1.807, 2.05) is 30.5 Å². The number of thiocarbonyl (C=S) groups is 1. The van der Waals surface area contributed by atoms with E-state index in [0.717, 1.165) is 75.4 Å². The molecule has 4 rings (SSSR count). The van der Waals surface area contributed by atoms with Gasteiger partial charge in [-0.05, 0) is 54.9 Å². The number of anilines is 2. The van der Waals surface area contributed by atoms with Gasteiger partial charge >= 0.3 is 0 Å². The Morgan fingerprint density at radius 3 is 2.57 bits per heavy atom. The first-order valence-corrected chi connectivity index (χ1v) is 11.1. The van der Waals surface area contributed by atoms with Crippen LogP contribution in [0.1, 0.15) is 18.4 Å². The molecule has 0 bridgehead atoms. The zero-order valence-electron chi connectivity index (χ0n) is 16.9. The number of ether oxygens (including phenoxy) is 2. The summed E-state index contributed by atoms with van der Waals surface area (Å²) in [6.45, 7) is 5.43. The Hall–Kier alpha value is -1.93. The average molecular weight is 447 g/mol. The van der Waals surface area contributed by atoms with Gasteiger partial charge in [-0.1, -0.05) is 23.7 Å². The smallest absolute Gasteiger partial charge is 0.170 e. The van der Waals surface area contributed by atoms with Crippen LogP contribution in [0.25, 0.3) is 0 Å². The highest BCUT2D eigenvalue weighted by Gasteiger charge is 2.34. The number of morpholine rings is 1. The Kier molecular flexibility index (Phi) is 7.04. The van der Waals surface area contributed by atoms with Crippen LogP contribution >= 0.6 is 23.8 Å². The monoisotopic (exact) mass is 446 g/mol. The summed E-state index contributed by atoms with van der Waals surface area (Å²) < 4.78 is 11.0. The van der Waals surface area contributed by atoms with Crippen LogP contribution in [0.2, 0.25) is 5.02 Å². The quantitative estimate of drug-likeness (QED) is 0.680. The van der Waals surface area contributed by atoms with Gasteiger partial charge in [0.1, 0.15) is 5.82 Å². The molecule has 0 saturated carbocycles. The third-order valence-corrected chi connectivity index (χ3v) is 6.30. The van der Waals surface area contributed by atoms with Gasteiger partial charge in [0.2, 0.25) is 0 Å². The van der Waals surface area contributed by atoms with Gasteiger partial charge in [-0.25, -0.2) is 4.98 Å². The fraction of sp³-hybridized carbons (Fsp3) is 0.455. The van der Waals surface area contributed by atoms with Gasteiger partial charge in [0.25, 0.3) is 0 Å². The SMILES string of the molecule is S=C(NCC1(c2cccc(Cl)c2)CCOCC1)Nc1ccc(N2CCOCC2)nc1. The molecule has 2 aliphatic rings. The summed E-state index contributed by atoms with van der Waals surface area (Å²) in [4.78, 5) is 6.79. The molecule has 8 heteroatoms. The van der Waals surface area contributed by atoms with E-state index in [0.29, 0.717) is 5.11 Å². The maximum Gasteiger partial charge on any atom is 0.170 e. The molecular weight excluding hydrogens is 420 g/mol. The highest BCUT2D eigenvalue weighted by atomic mass is 35.5. The van der Waals surface area contributed by atoms with Gasteiger partial charge in [-0.3, -0.25) is 0 Å². The molecule has 2 aliphatic heterocycles. The summed E-state index contributed by atoms with van der Waals surface area (Å²) in [6.07, 6.45) is 3.68. The lowest BCUT2D eigenvalue weighted by atomic mass is 9.74. The fourth-order valence-electron chi connectivity index (χ4n) is 4.01. The van der Waals surface area contributed by atoms with E-state index in [2.05, 4.69) is 32.7 Å². The number of benzene rings is 1. The summed E-state index contributed by atoms with van der Waals surface area (Å²) >= 11 is 11.8. The molecule has 2 fully saturated rings. The van der Waals surface area contributed by atoms with E-state index >= 15 is 0 Å². The van der Waals surface area contributed by atoms with Gasteiger partial charge in [-0.2, -0.15) is 0 Å². The minimum atomic E-state index is -0.0483. The minimum absolute atomic E-state index is 0.0483. The number of aromatic nitrogens is 1. The molecule has 2 N–H and O–H groups in total. The number of pyridine rings is 1. The van der Waals surface area contributed by atoms with Crippen molar-refractivity contribution >= 4 is 40.4 Å². The first kappa shape index (κ1) is 21.3. The lowest BCUT2D eigenvalue weighted by Gasteiger charge is -2.38. The molecule has 1 aromatic carbocycles. The number of hydrogen-bond donors (Lipinski definition) is 2. The van der Waals surface area contributed by atoms with Crippen molar-refractivity contribution in [1.29, 1.82) is 0 Å². The van der Waals surface area contributed by atoms with Crippen molar-refractivity contribution in [1.82, 2.24) is 10.3 Å². The molecule has 1 aromatic heterocycles. The molecule has 0 amide bonds. The van der Waals surface area contributed by atoms with E-state index in [-0.39, 0.29) is 5.41 Å². The average Bonchev–Trinajstić information content (AvgIpc) is 2.79. The van der Waals surface area contributed by atoms with Crippen LogP contribution in [0.4, 0.5) is 11.5 Å². The first-order chi connectivity index (χ1) is 14.6. The lowest BCUT2D eigenvalue weighted by Crippen LogP contribution is -2.45. The molecule has 160 valence electrons. The van der Waals surface area contributed by atoms with Crippen LogP contribution in [-0.4, -0.2) is 56.2 Å². The summed E-state index contributed by atoms with van der Waals surface area (Å²) in [5.41, 5.74) is 2.05. The largest absolute Gasteiger partial charge is 0.381 e. The molecule has 0 atom stereocenters. The summed E-state index contributed by atoms with van der Waals surface area (Å²) in [5.74, 6) is 0.963. The Morgan fingerprint density at radius 1 is 1.10 bits per heavy atom. The zero-order chi connectivity index (χ0) is 20.8. The van der Waals surface area contributed by atoms with Crippen LogP contribution in [0, 0.1) is 0 Å². The maximum absolute atomic E-state index is 6.26. The molecule has 3 heterocycles. The van der Waals surface area contributed by atoms with E-state index in [4.69, 9.17) is 33.3 Å². The minimum Gasteiger partial charge on any atom is -0.381 e. The third kappa shape index (κ3) is 5.21. The first-order valence-electron chi connectivity index (χ1n) is 10.3. The van der Waals surface area contributed by atoms with Crippen molar-refractivity contribution in [3.8, 4) is 0 Å². The van der Waals surface area contributed by atoms with Gasteiger partial charge < -0.3 is 25.0 Å². The van der Waals surface area contributed by atoms with E-state index in [1.165, 1.54) is 5.56 Å². The number of nitrogens with one attached hydrogen (secondary N) is 2. The molecule has 0 spiro atoms. The fourth-order valence-corrected chi connectivity index (χ4v) is 4.39. The lowest BCUT2D eigenvalue weighted by molar-refractivity contribution is 0.0515. The molecule has 6 nitrogen and oxygen atoms in total. The Bertz CT molecular complexity index is 852. The zero-order valence-corrected chi connectivity index (χ0v) is 18.5. The van der Waals surface area contributed by atoms with E-state index in [9.17, 15) is 0 Å². The molecule has 2 aromatic rings. The van der Waals surface area contributed by atoms with Crippen molar-refractivity contribution in [2.24, 2.45) is 0 Å². The van der Waals surface area contributed by atoms with Gasteiger partial charge in [0, 0.05) is 43.3 Å². The van der Waals surface area contributed by atoms with Crippen LogP contribution in [-0.2, 0) is 14.9 Å². The van der Waals surface area contributed by atoms with Gasteiger partial charge in [-0.15, -0.1) is 0 Å². The second kappa shape index (κ2) is 9.92. The van der Waals surface area contributed by atoms with Crippen molar-refractivity contribution < 1.29 is 9.47 Å². The second-order valence-electron chi connectivity index (χ2n) is 7.72. The number of halogens is 1. The Morgan fingerprint density at radius 2 is 1.87 bits per heavy atom. The predicted octanol–water partition coefficient (Wildman–Crippen LogP) is 3.61. The van der Waals surface area contributed by atoms with E-state index < -0.39 is 0 Å². The van der Waals surface area contributed by atoms with Crippen molar-refractivity contribution in [2.75, 3.05) is 56.3 Å². The van der Waals surface area contributed by atoms with Gasteiger partial charge in [0.15, 0.2) is 5.11 Å². The summed E-state index contributed by atoms with van der Waals surface area (Å²) in [5, 5.41) is 8.00. The van der Waals surface area contributed by atoms with Gasteiger partial charge in [0.05, 0.1) is 25.1 Å². The highest BCUT2D eigenvalue weighted by molar-refractivity contribution is 7.80. The second-order valence-corrected chi connectivity index (χ2v) is 8.56. The molecule has 0 radical (unpaired) electrons. The number of hydrogen-bond acceptors (Lipinski definition) is 5. The maximum atomic E-state index is 6.26. The van der Waals surface area contributed by atoms with E-state index in [1.54, 1.807) is 0 Å². The summed E-state index contributed by atoms with van der Waals surface area (Å²) in [6, 6.07) is 12.1. The van der Waals surface area contributed by atoms with Crippen molar-refractivity contribution in [3.05, 3.63) is 53.2 Å². The number of rotatable bonds is 5. The van der Waals surface area contributed by atoms with Crippen LogP contribution in [0.3, 0.4) is 0 Å². The third-order valence-electron chi connectivity index (χ3n) is 5.82. The molecule has 0 unspecified atom stereocenters. The van der Waals surface area contributed by atoms with Crippen LogP contribution in [0.5, 0.6) is 0 Å². The topological polar surface area (TPSA) is 58.7 Å².